The van der Waals surface area contributed by atoms with Crippen LogP contribution in [0.2, 0.25) is 0 Å². The van der Waals surface area contributed by atoms with Gasteiger partial charge in [-0.1, -0.05) is 83.1 Å². The number of fused-ring (bicyclic) bond motifs is 2. The molecule has 0 unspecified atom stereocenters. The monoisotopic (exact) mass is 1030 g/mol. The number of nitrogens with one attached hydrogen (secondary N) is 7. The molecule has 6 rings (SSSR count). The number of rotatable bonds is 22. The first-order valence-corrected chi connectivity index (χ1v) is 26.9. The van der Waals surface area contributed by atoms with Gasteiger partial charge in [0, 0.05) is 36.2 Å². The number of nitrogens with zero attached hydrogens (tertiary/aromatic N) is 1. The van der Waals surface area contributed by atoms with Gasteiger partial charge < -0.3 is 47.9 Å². The van der Waals surface area contributed by atoms with Crippen LogP contribution in [0.15, 0.2) is 66.7 Å². The molecule has 17 nitrogen and oxygen atoms in total. The number of hydrogen-bond donors (Lipinski definition) is 8. The molecule has 406 valence electrons. The van der Waals surface area contributed by atoms with Crippen LogP contribution in [0.4, 0.5) is 5.69 Å². The Balaban J connectivity index is 1.17. The molecule has 0 aromatic heterocycles. The van der Waals surface area contributed by atoms with Crippen molar-refractivity contribution in [2.24, 2.45) is 17.3 Å². The highest BCUT2D eigenvalue weighted by molar-refractivity contribution is 6.03. The Labute approximate surface area is 442 Å². The standard InChI is InChI=1S/C58H81N9O8/c1-33(2)50(65-52(70)34(3)60-8)56(74)64-46(54(72)62-44-23-14-19-37-17-10-12-21-42(37)44)25-16-26-48(68)39-29-40(31-41(59)30-39)49(69)28-36-27-47(55(73)63-45-24-15-20-38-18-11-13-22-43(38)45)67(32-36)57(75)51(58(5,6)7)66-53(71)35(4)61-9/h10-13,17-18,21-22,29-31,33-36,44-47,50-51,60-61H,14-16,19-20,23-28,32,59H2,1-9H3,(H,62,72)(H,63,73)(H,64,74)(H,65,70)(H,66,71)/t34-,35-,36+,44+,45+,46-,47-,50-,51+/m0/s1. The average Bonchev–Trinajstić information content (AvgIpc) is 3.81. The zero-order valence-corrected chi connectivity index (χ0v) is 45.4. The van der Waals surface area contributed by atoms with E-state index in [1.165, 1.54) is 28.7 Å². The summed E-state index contributed by atoms with van der Waals surface area (Å²) in [6.07, 6.45) is 5.45. The second-order valence-corrected chi connectivity index (χ2v) is 22.3. The predicted molar refractivity (Wildman–Crippen MR) is 289 cm³/mol. The molecule has 0 spiro atoms. The second kappa shape index (κ2) is 25.9. The Kier molecular flexibility index (Phi) is 19.9. The minimum atomic E-state index is -1.04. The summed E-state index contributed by atoms with van der Waals surface area (Å²) in [4.78, 5) is 113. The van der Waals surface area contributed by atoms with Gasteiger partial charge >= 0.3 is 0 Å². The summed E-state index contributed by atoms with van der Waals surface area (Å²) in [5.41, 5.74) is 10.6. The molecular formula is C58H81N9O8. The molecule has 1 fully saturated rings. The van der Waals surface area contributed by atoms with Gasteiger partial charge in [-0.2, -0.15) is 0 Å². The molecular weight excluding hydrogens is 951 g/mol. The van der Waals surface area contributed by atoms with Crippen LogP contribution < -0.4 is 43.0 Å². The molecule has 1 aliphatic heterocycles. The van der Waals surface area contributed by atoms with E-state index in [-0.39, 0.29) is 103 Å². The molecule has 3 aliphatic rings. The van der Waals surface area contributed by atoms with Crippen LogP contribution in [0.5, 0.6) is 0 Å². The fourth-order valence-corrected chi connectivity index (χ4v) is 10.6. The van der Waals surface area contributed by atoms with E-state index in [0.29, 0.717) is 0 Å². The third kappa shape index (κ3) is 14.9. The van der Waals surface area contributed by atoms with Gasteiger partial charge in [-0.3, -0.25) is 38.4 Å². The van der Waals surface area contributed by atoms with Crippen LogP contribution >= 0.6 is 0 Å². The van der Waals surface area contributed by atoms with Crippen molar-refractivity contribution in [1.82, 2.24) is 42.1 Å². The molecule has 3 aromatic carbocycles. The van der Waals surface area contributed by atoms with Gasteiger partial charge in [0.25, 0.3) is 0 Å². The van der Waals surface area contributed by atoms with Gasteiger partial charge in [0.15, 0.2) is 11.6 Å². The number of benzene rings is 3. The number of likely N-dealkylation sites (N-methyl/N-ethyl adjacent to an activating group) is 2. The van der Waals surface area contributed by atoms with Gasteiger partial charge in [-0.05, 0) is 143 Å². The number of likely N-dealkylation sites (tertiary alicyclic amines) is 1. The number of carbonyl (C=O) groups is 8. The summed E-state index contributed by atoms with van der Waals surface area (Å²) in [6.45, 7) is 12.6. The Morgan fingerprint density at radius 3 is 1.79 bits per heavy atom. The van der Waals surface area contributed by atoms with Gasteiger partial charge in [-0.15, -0.1) is 0 Å². The summed E-state index contributed by atoms with van der Waals surface area (Å²) >= 11 is 0. The van der Waals surface area contributed by atoms with Crippen LogP contribution in [-0.4, -0.2) is 109 Å². The van der Waals surface area contributed by atoms with Crippen molar-refractivity contribution < 1.29 is 38.4 Å². The quantitative estimate of drug-likeness (QED) is 0.0482. The number of nitrogens with two attached hydrogens (primary N) is 1. The number of Topliss-reactive ketones (excluding diaryl/α,β-unsaturated/α-hetero) is 2. The van der Waals surface area contributed by atoms with Crippen molar-refractivity contribution in [2.45, 2.75) is 167 Å². The summed E-state index contributed by atoms with van der Waals surface area (Å²) in [6, 6.07) is 15.0. The Morgan fingerprint density at radius 2 is 1.23 bits per heavy atom. The van der Waals surface area contributed by atoms with Crippen molar-refractivity contribution >= 4 is 52.7 Å². The highest BCUT2D eigenvalue weighted by Crippen LogP contribution is 2.35. The Hall–Kier alpha value is -6.46. The average molecular weight is 1030 g/mol. The lowest BCUT2D eigenvalue weighted by Gasteiger charge is -2.36. The molecule has 17 heteroatoms. The van der Waals surface area contributed by atoms with Crippen molar-refractivity contribution in [1.29, 1.82) is 0 Å². The molecule has 0 bridgehead atoms. The minimum Gasteiger partial charge on any atom is -0.399 e. The maximum Gasteiger partial charge on any atom is 0.246 e. The second-order valence-electron chi connectivity index (χ2n) is 22.3. The van der Waals surface area contributed by atoms with Crippen molar-refractivity contribution in [3.8, 4) is 0 Å². The molecule has 2 aliphatic carbocycles. The zero-order valence-electron chi connectivity index (χ0n) is 45.4. The van der Waals surface area contributed by atoms with E-state index in [2.05, 4.69) is 49.4 Å². The fourth-order valence-electron chi connectivity index (χ4n) is 10.6. The molecule has 3 aromatic rings. The van der Waals surface area contributed by atoms with Crippen molar-refractivity contribution in [3.05, 3.63) is 100 Å². The summed E-state index contributed by atoms with van der Waals surface area (Å²) < 4.78 is 0. The van der Waals surface area contributed by atoms with Gasteiger partial charge in [0.05, 0.1) is 24.2 Å². The molecule has 9 N–H and O–H groups in total. The van der Waals surface area contributed by atoms with Gasteiger partial charge in [0.2, 0.25) is 35.4 Å². The van der Waals surface area contributed by atoms with E-state index in [4.69, 9.17) is 5.73 Å². The number of amides is 6. The summed E-state index contributed by atoms with van der Waals surface area (Å²) in [7, 11) is 3.30. The zero-order chi connectivity index (χ0) is 54.7. The fraction of sp³-hybridized carbons (Fsp3) is 0.552. The topological polar surface area (TPSA) is 250 Å². The highest BCUT2D eigenvalue weighted by Gasteiger charge is 2.46. The van der Waals surface area contributed by atoms with Gasteiger partial charge in [0.1, 0.15) is 24.2 Å². The minimum absolute atomic E-state index is 0.0342. The van der Waals surface area contributed by atoms with E-state index >= 15 is 0 Å². The first-order valence-electron chi connectivity index (χ1n) is 26.9. The first-order chi connectivity index (χ1) is 35.6. The lowest BCUT2D eigenvalue weighted by Crippen LogP contribution is -2.59. The summed E-state index contributed by atoms with van der Waals surface area (Å²) in [5, 5.41) is 20.8. The van der Waals surface area contributed by atoms with Crippen LogP contribution in [0.1, 0.15) is 161 Å². The highest BCUT2D eigenvalue weighted by atomic mass is 16.2. The lowest BCUT2D eigenvalue weighted by molar-refractivity contribution is -0.144. The number of nitrogen functional groups attached to an aromatic ring is 1. The van der Waals surface area contributed by atoms with Crippen LogP contribution in [0.3, 0.4) is 0 Å². The molecule has 6 amide bonds. The van der Waals surface area contributed by atoms with E-state index in [1.807, 2.05) is 71.0 Å². The SMILES string of the molecule is CN[C@@H](C)C(=O)N[C@H](C(=O)N[C@@H](CCCC(=O)c1cc(N)cc(C(=O)C[C@H]2C[C@@H](C(=O)N[C@@H]3CCCc4ccccc43)N(C(=O)[C@@H](NC(=O)[C@H](C)NC)C(C)(C)C)C2)c1)C(=O)N[C@@H]1CCCc2ccccc21)C(C)C. The van der Waals surface area contributed by atoms with Crippen LogP contribution in [-0.2, 0) is 41.6 Å². The maximum absolute atomic E-state index is 14.7. The molecule has 9 atom stereocenters. The number of carbonyl (C=O) groups excluding carboxylic acids is 8. The van der Waals surface area contributed by atoms with Gasteiger partial charge in [-0.25, -0.2) is 0 Å². The third-order valence-corrected chi connectivity index (χ3v) is 15.2. The number of anilines is 1. The van der Waals surface area contributed by atoms with Crippen LogP contribution in [0, 0.1) is 17.3 Å². The van der Waals surface area contributed by atoms with Crippen LogP contribution in [0.25, 0.3) is 0 Å². The largest absolute Gasteiger partial charge is 0.399 e. The van der Waals surface area contributed by atoms with Crippen molar-refractivity contribution in [2.75, 3.05) is 26.4 Å². The predicted octanol–water partition coefficient (Wildman–Crippen LogP) is 5.17. The molecule has 1 saturated heterocycles. The summed E-state index contributed by atoms with van der Waals surface area (Å²) in [5.74, 6) is -3.79. The number of ketones is 2. The Morgan fingerprint density at radius 1 is 0.680 bits per heavy atom. The molecule has 1 heterocycles. The molecule has 0 saturated carbocycles. The lowest BCUT2D eigenvalue weighted by atomic mass is 9.85. The molecule has 0 radical (unpaired) electrons. The normalized spacial score (nSPS) is 20.3. The Bertz CT molecular complexity index is 2580. The van der Waals surface area contributed by atoms with E-state index in [0.717, 1.165) is 55.2 Å². The third-order valence-electron chi connectivity index (χ3n) is 15.2. The van der Waals surface area contributed by atoms with E-state index < -0.39 is 65.3 Å². The van der Waals surface area contributed by atoms with E-state index in [1.54, 1.807) is 27.9 Å². The maximum atomic E-state index is 14.7. The first kappa shape index (κ1) is 57.8. The smallest absolute Gasteiger partial charge is 0.246 e. The molecule has 75 heavy (non-hydrogen) atoms. The van der Waals surface area contributed by atoms with Crippen molar-refractivity contribution in [3.63, 3.8) is 0 Å². The number of aryl methyl sites for hydroxylation is 2. The van der Waals surface area contributed by atoms with E-state index in [9.17, 15) is 38.4 Å². The number of hydrogen-bond acceptors (Lipinski definition) is 11.